The summed E-state index contributed by atoms with van der Waals surface area (Å²) in [6.07, 6.45) is 1.23. The molecule has 0 amide bonds. The van der Waals surface area contributed by atoms with E-state index < -0.39 is 11.0 Å². The fraction of sp³-hybridized carbons (Fsp3) is 0.500. The van der Waals surface area contributed by atoms with Crippen molar-refractivity contribution >= 4 is 11.4 Å². The number of para-hydroxylation sites is 1. The number of nitrogen functional groups attached to an aromatic ring is 1. The highest BCUT2D eigenvalue weighted by molar-refractivity contribution is 5.63. The number of aliphatic hydroxyl groups excluding tert-OH is 1. The van der Waals surface area contributed by atoms with E-state index in [-0.39, 0.29) is 18.0 Å². The zero-order chi connectivity index (χ0) is 13.5. The molecule has 0 aliphatic rings. The van der Waals surface area contributed by atoms with Crippen LogP contribution in [0.25, 0.3) is 0 Å². The lowest BCUT2D eigenvalue weighted by atomic mass is 10.1. The maximum atomic E-state index is 10.8. The van der Waals surface area contributed by atoms with Gasteiger partial charge in [0.15, 0.2) is 0 Å². The lowest BCUT2D eigenvalue weighted by molar-refractivity contribution is -0.384. The molecular formula is C12H18N2O4. The number of anilines is 1. The Balaban J connectivity index is 2.92. The van der Waals surface area contributed by atoms with E-state index >= 15 is 0 Å². The molecule has 0 saturated carbocycles. The van der Waals surface area contributed by atoms with Crippen molar-refractivity contribution in [2.24, 2.45) is 0 Å². The first-order valence-corrected chi connectivity index (χ1v) is 5.87. The van der Waals surface area contributed by atoms with Crippen molar-refractivity contribution in [2.45, 2.75) is 25.9 Å². The zero-order valence-corrected chi connectivity index (χ0v) is 10.3. The van der Waals surface area contributed by atoms with Crippen LogP contribution in [0.4, 0.5) is 11.4 Å². The van der Waals surface area contributed by atoms with Crippen molar-refractivity contribution in [3.05, 3.63) is 33.9 Å². The number of nitrogens with zero attached hydrogens (tertiary/aromatic N) is 1. The molecule has 6 nitrogen and oxygen atoms in total. The van der Waals surface area contributed by atoms with Gasteiger partial charge in [-0.05, 0) is 6.42 Å². The smallest absolute Gasteiger partial charge is 0.292 e. The van der Waals surface area contributed by atoms with Gasteiger partial charge in [-0.2, -0.15) is 0 Å². The van der Waals surface area contributed by atoms with Gasteiger partial charge in [0, 0.05) is 18.2 Å². The van der Waals surface area contributed by atoms with Crippen LogP contribution in [0.1, 0.15) is 31.4 Å². The van der Waals surface area contributed by atoms with Gasteiger partial charge in [0.1, 0.15) is 11.8 Å². The molecule has 0 aromatic heterocycles. The van der Waals surface area contributed by atoms with Gasteiger partial charge in [-0.25, -0.2) is 0 Å². The number of nitro benzene ring substituents is 1. The number of aliphatic hydroxyl groups is 1. The summed E-state index contributed by atoms with van der Waals surface area (Å²) in [7, 11) is 0. The second-order valence-corrected chi connectivity index (χ2v) is 3.93. The summed E-state index contributed by atoms with van der Waals surface area (Å²) in [4.78, 5) is 10.2. The Hall–Kier alpha value is -1.66. The van der Waals surface area contributed by atoms with Crippen LogP contribution < -0.4 is 5.73 Å². The SMILES string of the molecule is CCCCOC(CO)c1cccc([N+](=O)[O-])c1N. The van der Waals surface area contributed by atoms with Crippen LogP contribution in [0.3, 0.4) is 0 Å². The predicted molar refractivity (Wildman–Crippen MR) is 68.2 cm³/mol. The quantitative estimate of drug-likeness (QED) is 0.335. The summed E-state index contributed by atoms with van der Waals surface area (Å²) in [6.45, 7) is 2.26. The number of hydrogen-bond donors (Lipinski definition) is 2. The molecule has 0 fully saturated rings. The average Bonchev–Trinajstić information content (AvgIpc) is 2.35. The van der Waals surface area contributed by atoms with E-state index in [1.807, 2.05) is 6.92 Å². The zero-order valence-electron chi connectivity index (χ0n) is 10.3. The number of benzene rings is 1. The predicted octanol–water partition coefficient (Wildman–Crippen LogP) is 2.03. The van der Waals surface area contributed by atoms with Gasteiger partial charge in [0.05, 0.1) is 11.5 Å². The second kappa shape index (κ2) is 6.93. The first-order chi connectivity index (χ1) is 8.61. The van der Waals surface area contributed by atoms with Crippen molar-refractivity contribution in [3.63, 3.8) is 0 Å². The third-order valence-electron chi connectivity index (χ3n) is 2.64. The van der Waals surface area contributed by atoms with Crippen LogP contribution in [0.5, 0.6) is 0 Å². The highest BCUT2D eigenvalue weighted by atomic mass is 16.6. The van der Waals surface area contributed by atoms with E-state index in [1.54, 1.807) is 6.07 Å². The Morgan fingerprint density at radius 3 is 2.83 bits per heavy atom. The molecule has 100 valence electrons. The number of nitro groups is 1. The molecule has 0 radical (unpaired) electrons. The molecule has 0 bridgehead atoms. The number of nitrogens with two attached hydrogens (primary N) is 1. The third-order valence-corrected chi connectivity index (χ3v) is 2.64. The van der Waals surface area contributed by atoms with Gasteiger partial charge < -0.3 is 15.6 Å². The second-order valence-electron chi connectivity index (χ2n) is 3.93. The highest BCUT2D eigenvalue weighted by Gasteiger charge is 2.20. The molecule has 0 spiro atoms. The molecule has 1 unspecified atom stereocenters. The summed E-state index contributed by atoms with van der Waals surface area (Å²) in [5.41, 5.74) is 6.08. The van der Waals surface area contributed by atoms with Crippen molar-refractivity contribution in [1.29, 1.82) is 0 Å². The van der Waals surface area contributed by atoms with Crippen LogP contribution in [0.15, 0.2) is 18.2 Å². The van der Waals surface area contributed by atoms with E-state index in [4.69, 9.17) is 10.5 Å². The highest BCUT2D eigenvalue weighted by Crippen LogP contribution is 2.30. The van der Waals surface area contributed by atoms with Crippen molar-refractivity contribution in [2.75, 3.05) is 18.9 Å². The normalized spacial score (nSPS) is 12.3. The Morgan fingerprint density at radius 1 is 1.56 bits per heavy atom. The van der Waals surface area contributed by atoms with Gasteiger partial charge in [0.2, 0.25) is 0 Å². The lowest BCUT2D eigenvalue weighted by Crippen LogP contribution is -2.13. The molecule has 1 rings (SSSR count). The minimum Gasteiger partial charge on any atom is -0.393 e. The summed E-state index contributed by atoms with van der Waals surface area (Å²) in [5, 5.41) is 20.0. The van der Waals surface area contributed by atoms with Crippen LogP contribution in [0.2, 0.25) is 0 Å². The molecule has 0 aliphatic heterocycles. The minimum absolute atomic E-state index is 0.0537. The van der Waals surface area contributed by atoms with E-state index in [0.29, 0.717) is 12.2 Å². The fourth-order valence-corrected chi connectivity index (χ4v) is 1.62. The first kappa shape index (κ1) is 14.4. The van der Waals surface area contributed by atoms with Gasteiger partial charge >= 0.3 is 0 Å². The summed E-state index contributed by atoms with van der Waals surface area (Å²) < 4.78 is 5.48. The van der Waals surface area contributed by atoms with Crippen LogP contribution in [0, 0.1) is 10.1 Å². The summed E-state index contributed by atoms with van der Waals surface area (Å²) in [6, 6.07) is 4.50. The van der Waals surface area contributed by atoms with Gasteiger partial charge in [-0.15, -0.1) is 0 Å². The average molecular weight is 254 g/mol. The van der Waals surface area contributed by atoms with E-state index in [9.17, 15) is 15.2 Å². The summed E-state index contributed by atoms with van der Waals surface area (Å²) >= 11 is 0. The molecule has 0 aliphatic carbocycles. The first-order valence-electron chi connectivity index (χ1n) is 5.87. The molecule has 0 saturated heterocycles. The number of hydrogen-bond acceptors (Lipinski definition) is 5. The third kappa shape index (κ3) is 3.41. The Kier molecular flexibility index (Phi) is 5.54. The summed E-state index contributed by atoms with van der Waals surface area (Å²) in [5.74, 6) is 0. The number of rotatable bonds is 7. The monoisotopic (exact) mass is 254 g/mol. The molecule has 3 N–H and O–H groups in total. The molecule has 18 heavy (non-hydrogen) atoms. The minimum atomic E-state index is -0.614. The van der Waals surface area contributed by atoms with Crippen LogP contribution in [-0.2, 0) is 4.74 Å². The Bertz CT molecular complexity index is 409. The largest absolute Gasteiger partial charge is 0.393 e. The maximum absolute atomic E-state index is 10.8. The number of ether oxygens (including phenoxy) is 1. The fourth-order valence-electron chi connectivity index (χ4n) is 1.62. The van der Waals surface area contributed by atoms with Gasteiger partial charge in [-0.3, -0.25) is 10.1 Å². The Morgan fingerprint density at radius 2 is 2.28 bits per heavy atom. The van der Waals surface area contributed by atoms with Crippen molar-refractivity contribution in [3.8, 4) is 0 Å². The van der Waals surface area contributed by atoms with Crippen LogP contribution in [-0.4, -0.2) is 23.2 Å². The van der Waals surface area contributed by atoms with Crippen LogP contribution >= 0.6 is 0 Å². The molecule has 1 aromatic rings. The Labute approximate surface area is 106 Å². The topological polar surface area (TPSA) is 98.6 Å². The lowest BCUT2D eigenvalue weighted by Gasteiger charge is -2.17. The molecule has 1 aromatic carbocycles. The molecular weight excluding hydrogens is 236 g/mol. The van der Waals surface area contributed by atoms with E-state index in [1.165, 1.54) is 12.1 Å². The van der Waals surface area contributed by atoms with E-state index in [2.05, 4.69) is 0 Å². The van der Waals surface area contributed by atoms with Gasteiger partial charge in [-0.1, -0.05) is 25.5 Å². The van der Waals surface area contributed by atoms with Crippen molar-refractivity contribution in [1.82, 2.24) is 0 Å². The standard InChI is InChI=1S/C12H18N2O4/c1-2-3-7-18-11(8-15)9-5-4-6-10(12(9)13)14(16)17/h4-6,11,15H,2-3,7-8,13H2,1H3. The maximum Gasteiger partial charge on any atom is 0.292 e. The van der Waals surface area contributed by atoms with Gasteiger partial charge in [0.25, 0.3) is 5.69 Å². The molecule has 0 heterocycles. The van der Waals surface area contributed by atoms with Crippen molar-refractivity contribution < 1.29 is 14.8 Å². The molecule has 6 heteroatoms. The number of unbranched alkanes of at least 4 members (excludes halogenated alkanes) is 1. The van der Waals surface area contributed by atoms with E-state index in [0.717, 1.165) is 12.8 Å². The molecule has 1 atom stereocenters.